The lowest BCUT2D eigenvalue weighted by molar-refractivity contribution is 0.102. The Morgan fingerprint density at radius 3 is 3.04 bits per heavy atom. The van der Waals surface area contributed by atoms with Crippen LogP contribution in [0.1, 0.15) is 16.1 Å². The number of rotatable bonds is 5. The summed E-state index contributed by atoms with van der Waals surface area (Å²) in [5.41, 5.74) is 2.03. The zero-order valence-electron chi connectivity index (χ0n) is 12.3. The number of halogens is 1. The lowest BCUT2D eigenvalue weighted by atomic mass is 10.2. The number of aromatic nitrogens is 4. The van der Waals surface area contributed by atoms with Crippen molar-refractivity contribution >= 4 is 27.5 Å². The van der Waals surface area contributed by atoms with E-state index in [1.807, 2.05) is 24.3 Å². The Morgan fingerprint density at radius 2 is 2.30 bits per heavy atom. The minimum Gasteiger partial charge on any atom is -0.497 e. The molecule has 0 unspecified atom stereocenters. The van der Waals surface area contributed by atoms with Crippen molar-refractivity contribution in [2.75, 3.05) is 12.4 Å². The zero-order chi connectivity index (χ0) is 16.2. The molecule has 1 amide bonds. The van der Waals surface area contributed by atoms with Crippen molar-refractivity contribution < 1.29 is 9.53 Å². The Hall–Kier alpha value is -2.61. The Bertz CT molecular complexity index is 827. The first-order valence-corrected chi connectivity index (χ1v) is 7.60. The molecule has 2 aromatic heterocycles. The van der Waals surface area contributed by atoms with Gasteiger partial charge in [-0.2, -0.15) is 10.2 Å². The van der Waals surface area contributed by atoms with Gasteiger partial charge in [0.05, 0.1) is 36.2 Å². The summed E-state index contributed by atoms with van der Waals surface area (Å²) >= 11 is 3.26. The average Bonchev–Trinajstić information content (AvgIpc) is 3.16. The number of hydrogen-bond acceptors (Lipinski definition) is 4. The molecule has 7 nitrogen and oxygen atoms in total. The number of benzene rings is 1. The van der Waals surface area contributed by atoms with E-state index in [2.05, 4.69) is 36.5 Å². The highest BCUT2D eigenvalue weighted by Crippen LogP contribution is 2.16. The van der Waals surface area contributed by atoms with Crippen molar-refractivity contribution in [1.29, 1.82) is 0 Å². The van der Waals surface area contributed by atoms with Gasteiger partial charge < -0.3 is 10.1 Å². The van der Waals surface area contributed by atoms with Crippen LogP contribution in [0.3, 0.4) is 0 Å². The number of amides is 1. The highest BCUT2D eigenvalue weighted by molar-refractivity contribution is 9.10. The Morgan fingerprint density at radius 1 is 1.43 bits per heavy atom. The molecule has 2 heterocycles. The number of nitrogens with one attached hydrogen (secondary N) is 2. The number of H-pyrrole nitrogens is 1. The van der Waals surface area contributed by atoms with Crippen LogP contribution >= 0.6 is 15.9 Å². The first-order valence-electron chi connectivity index (χ1n) is 6.81. The maximum absolute atomic E-state index is 12.1. The molecule has 0 spiro atoms. The monoisotopic (exact) mass is 375 g/mol. The van der Waals surface area contributed by atoms with E-state index in [4.69, 9.17) is 4.74 Å². The summed E-state index contributed by atoms with van der Waals surface area (Å²) in [4.78, 5) is 12.1. The third-order valence-electron chi connectivity index (χ3n) is 3.19. The summed E-state index contributed by atoms with van der Waals surface area (Å²) in [6.07, 6.45) is 4.89. The number of ether oxygens (including phenoxy) is 1. The number of anilines is 1. The van der Waals surface area contributed by atoms with E-state index >= 15 is 0 Å². The fraction of sp³-hybridized carbons (Fsp3) is 0.133. The van der Waals surface area contributed by atoms with Gasteiger partial charge in [0.25, 0.3) is 5.91 Å². The van der Waals surface area contributed by atoms with Crippen LogP contribution in [0.5, 0.6) is 5.75 Å². The summed E-state index contributed by atoms with van der Waals surface area (Å²) in [5.74, 6) is 0.516. The topological polar surface area (TPSA) is 84.8 Å². The van der Waals surface area contributed by atoms with Crippen molar-refractivity contribution in [3.63, 3.8) is 0 Å². The van der Waals surface area contributed by atoms with Gasteiger partial charge in [0, 0.05) is 6.20 Å². The molecule has 0 atom stereocenters. The molecule has 3 rings (SSSR count). The van der Waals surface area contributed by atoms with Crippen molar-refractivity contribution in [2.24, 2.45) is 0 Å². The smallest absolute Gasteiger partial charge is 0.274 e. The number of aromatic amines is 1. The second kappa shape index (κ2) is 6.66. The van der Waals surface area contributed by atoms with E-state index in [0.29, 0.717) is 22.4 Å². The molecule has 0 saturated carbocycles. The number of methoxy groups -OCH3 is 1. The summed E-state index contributed by atoms with van der Waals surface area (Å²) in [6, 6.07) is 7.75. The molecule has 2 N–H and O–H groups in total. The summed E-state index contributed by atoms with van der Waals surface area (Å²) in [5, 5.41) is 13.4. The highest BCUT2D eigenvalue weighted by Gasteiger charge is 2.13. The molecule has 3 aromatic rings. The third-order valence-corrected chi connectivity index (χ3v) is 3.79. The molecule has 0 aliphatic rings. The maximum atomic E-state index is 12.1. The van der Waals surface area contributed by atoms with Gasteiger partial charge >= 0.3 is 0 Å². The first-order chi connectivity index (χ1) is 11.2. The number of carbonyl (C=O) groups excluding carboxylic acids is 1. The van der Waals surface area contributed by atoms with Gasteiger partial charge in [-0.25, -0.2) is 0 Å². The summed E-state index contributed by atoms with van der Waals surface area (Å²) < 4.78 is 7.55. The number of nitrogens with zero attached hydrogens (tertiary/aromatic N) is 3. The van der Waals surface area contributed by atoms with Crippen molar-refractivity contribution in [3.05, 3.63) is 58.6 Å². The van der Waals surface area contributed by atoms with Crippen LogP contribution in [0.2, 0.25) is 0 Å². The molecule has 118 valence electrons. The molecule has 0 bridgehead atoms. The average molecular weight is 376 g/mol. The largest absolute Gasteiger partial charge is 0.497 e. The van der Waals surface area contributed by atoms with Crippen LogP contribution in [0.25, 0.3) is 0 Å². The van der Waals surface area contributed by atoms with Crippen molar-refractivity contribution in [1.82, 2.24) is 20.0 Å². The Labute approximate surface area is 140 Å². The quantitative estimate of drug-likeness (QED) is 0.717. The minimum atomic E-state index is -0.282. The molecule has 0 aliphatic heterocycles. The van der Waals surface area contributed by atoms with Crippen molar-refractivity contribution in [3.8, 4) is 5.75 Å². The van der Waals surface area contributed by atoms with Crippen LogP contribution in [0.15, 0.2) is 47.3 Å². The molecular weight excluding hydrogens is 362 g/mol. The number of hydrogen-bond donors (Lipinski definition) is 2. The van der Waals surface area contributed by atoms with Gasteiger partial charge in [-0.15, -0.1) is 0 Å². The van der Waals surface area contributed by atoms with Gasteiger partial charge in [0.15, 0.2) is 0 Å². The van der Waals surface area contributed by atoms with E-state index in [1.165, 1.54) is 6.20 Å². The van der Waals surface area contributed by atoms with E-state index < -0.39 is 0 Å². The fourth-order valence-corrected chi connectivity index (χ4v) is 2.47. The Balaban J connectivity index is 1.68. The Kier molecular flexibility index (Phi) is 4.42. The minimum absolute atomic E-state index is 0.282. The van der Waals surface area contributed by atoms with Gasteiger partial charge in [-0.1, -0.05) is 12.1 Å². The van der Waals surface area contributed by atoms with E-state index in [1.54, 1.807) is 24.2 Å². The molecule has 23 heavy (non-hydrogen) atoms. The molecule has 8 heteroatoms. The molecule has 1 aromatic carbocycles. The highest BCUT2D eigenvalue weighted by atomic mass is 79.9. The summed E-state index contributed by atoms with van der Waals surface area (Å²) in [6.45, 7) is 0.584. The normalized spacial score (nSPS) is 10.5. The molecule has 0 fully saturated rings. The predicted molar refractivity (Wildman–Crippen MR) is 88.6 cm³/mol. The van der Waals surface area contributed by atoms with Crippen LogP contribution in [0.4, 0.5) is 5.69 Å². The van der Waals surface area contributed by atoms with E-state index in [0.717, 1.165) is 11.3 Å². The van der Waals surface area contributed by atoms with Crippen LogP contribution in [-0.2, 0) is 6.54 Å². The summed E-state index contributed by atoms with van der Waals surface area (Å²) in [7, 11) is 1.63. The maximum Gasteiger partial charge on any atom is 0.274 e. The van der Waals surface area contributed by atoms with E-state index in [9.17, 15) is 4.79 Å². The van der Waals surface area contributed by atoms with Crippen molar-refractivity contribution in [2.45, 2.75) is 6.54 Å². The van der Waals surface area contributed by atoms with Crippen LogP contribution in [-0.4, -0.2) is 33.0 Å². The second-order valence-electron chi connectivity index (χ2n) is 4.83. The SMILES string of the molecule is COc1cccc(Cn2cc(NC(=O)c3[nH]ncc3Br)cn2)c1. The van der Waals surface area contributed by atoms with E-state index in [-0.39, 0.29) is 5.91 Å². The zero-order valence-corrected chi connectivity index (χ0v) is 13.9. The molecule has 0 radical (unpaired) electrons. The van der Waals surface area contributed by atoms with Gasteiger partial charge in [0.2, 0.25) is 0 Å². The predicted octanol–water partition coefficient (Wildman–Crippen LogP) is 2.68. The molecule has 0 aliphatic carbocycles. The lowest BCUT2D eigenvalue weighted by Crippen LogP contribution is -2.12. The van der Waals surface area contributed by atoms with Crippen LogP contribution in [0, 0.1) is 0 Å². The number of carbonyl (C=O) groups is 1. The van der Waals surface area contributed by atoms with Gasteiger partial charge in [-0.05, 0) is 33.6 Å². The van der Waals surface area contributed by atoms with Gasteiger partial charge in [0.1, 0.15) is 11.4 Å². The first kappa shape index (κ1) is 15.3. The lowest BCUT2D eigenvalue weighted by Gasteiger charge is -2.04. The fourth-order valence-electron chi connectivity index (χ4n) is 2.10. The molecular formula is C15H14BrN5O2. The van der Waals surface area contributed by atoms with Crippen LogP contribution < -0.4 is 10.1 Å². The third kappa shape index (κ3) is 3.59. The second-order valence-corrected chi connectivity index (χ2v) is 5.68. The molecule has 0 saturated heterocycles. The van der Waals surface area contributed by atoms with Gasteiger partial charge in [-0.3, -0.25) is 14.6 Å². The standard InChI is InChI=1S/C15H14BrN5O2/c1-23-12-4-2-3-10(5-12)8-21-9-11(6-18-21)19-15(22)14-13(16)7-17-20-14/h2-7,9H,8H2,1H3,(H,17,20)(H,19,22).